The van der Waals surface area contributed by atoms with Gasteiger partial charge in [-0.15, -0.1) is 0 Å². The molecule has 0 atom stereocenters. The summed E-state index contributed by atoms with van der Waals surface area (Å²) >= 11 is 0. The maximum absolute atomic E-state index is 13.3. The van der Waals surface area contributed by atoms with Crippen LogP contribution in [-0.2, 0) is 21.7 Å². The van der Waals surface area contributed by atoms with Crippen LogP contribution in [0.3, 0.4) is 0 Å². The zero-order valence-electron chi connectivity index (χ0n) is 17.5. The van der Waals surface area contributed by atoms with Gasteiger partial charge in [0.2, 0.25) is 0 Å². The third-order valence-electron chi connectivity index (χ3n) is 6.08. The summed E-state index contributed by atoms with van der Waals surface area (Å²) < 4.78 is 17.8. The monoisotopic (exact) mass is 434 g/mol. The molecule has 0 unspecified atom stereocenters. The van der Waals surface area contributed by atoms with Crippen LogP contribution in [0.5, 0.6) is 11.5 Å². The fourth-order valence-electron chi connectivity index (χ4n) is 4.64. The van der Waals surface area contributed by atoms with Crippen LogP contribution in [-0.4, -0.2) is 11.9 Å². The normalized spacial score (nSPS) is 14.5. The highest BCUT2D eigenvalue weighted by Crippen LogP contribution is 2.56. The number of para-hydroxylation sites is 2. The van der Waals surface area contributed by atoms with Crippen LogP contribution in [0.1, 0.15) is 43.0 Å². The summed E-state index contributed by atoms with van der Waals surface area (Å²) in [6.45, 7) is 0.114. The molecular formula is C28H18O5. The quantitative estimate of drug-likeness (QED) is 0.392. The number of carbonyl (C=O) groups excluding carboxylic acids is 2. The van der Waals surface area contributed by atoms with E-state index in [-0.39, 0.29) is 17.7 Å². The van der Waals surface area contributed by atoms with Crippen LogP contribution in [0, 0.1) is 0 Å². The molecule has 33 heavy (non-hydrogen) atoms. The number of ether oxygens (including phenoxy) is 3. The molecule has 4 aromatic carbocycles. The summed E-state index contributed by atoms with van der Waals surface area (Å²) in [5.41, 5.74) is 2.10. The molecular weight excluding hydrogens is 416 g/mol. The molecule has 5 nitrogen and oxygen atoms in total. The Labute approximate surface area is 190 Å². The average Bonchev–Trinajstić information content (AvgIpc) is 3.16. The van der Waals surface area contributed by atoms with Crippen LogP contribution in [0.15, 0.2) is 97.1 Å². The lowest BCUT2D eigenvalue weighted by Gasteiger charge is -2.36. The lowest BCUT2D eigenvalue weighted by molar-refractivity contribution is 0.0220. The summed E-state index contributed by atoms with van der Waals surface area (Å²) in [5, 5.41) is 0. The first-order valence-electron chi connectivity index (χ1n) is 10.6. The first kappa shape index (κ1) is 19.3. The average molecular weight is 434 g/mol. The molecule has 0 fully saturated rings. The van der Waals surface area contributed by atoms with Gasteiger partial charge in [-0.2, -0.15) is 0 Å². The Balaban J connectivity index is 1.49. The zero-order valence-corrected chi connectivity index (χ0v) is 17.5. The van der Waals surface area contributed by atoms with Gasteiger partial charge in [0.1, 0.15) is 18.1 Å². The van der Waals surface area contributed by atoms with Crippen molar-refractivity contribution < 1.29 is 23.8 Å². The van der Waals surface area contributed by atoms with E-state index < -0.39 is 17.5 Å². The number of carbonyl (C=O) groups is 2. The predicted octanol–water partition coefficient (Wildman–Crippen LogP) is 5.61. The zero-order chi connectivity index (χ0) is 22.4. The molecule has 0 radical (unpaired) electrons. The van der Waals surface area contributed by atoms with Crippen molar-refractivity contribution in [1.29, 1.82) is 0 Å². The Kier molecular flexibility index (Phi) is 4.30. The second-order valence-electron chi connectivity index (χ2n) is 7.95. The molecule has 0 aliphatic carbocycles. The Hall–Kier alpha value is -4.38. The van der Waals surface area contributed by atoms with Crippen molar-refractivity contribution in [3.05, 3.63) is 130 Å². The lowest BCUT2D eigenvalue weighted by atomic mass is 9.77. The third-order valence-corrected chi connectivity index (χ3v) is 6.08. The Morgan fingerprint density at radius 3 is 2.03 bits per heavy atom. The van der Waals surface area contributed by atoms with E-state index in [0.29, 0.717) is 28.2 Å². The van der Waals surface area contributed by atoms with Crippen molar-refractivity contribution in [2.24, 2.45) is 0 Å². The highest BCUT2D eigenvalue weighted by molar-refractivity contribution is 6.07. The first-order chi connectivity index (χ1) is 16.2. The highest BCUT2D eigenvalue weighted by Gasteiger charge is 2.54. The van der Waals surface area contributed by atoms with Gasteiger partial charge in [0, 0.05) is 16.7 Å². The van der Waals surface area contributed by atoms with Gasteiger partial charge in [0.15, 0.2) is 5.60 Å². The molecule has 6 rings (SSSR count). The van der Waals surface area contributed by atoms with Crippen molar-refractivity contribution in [3.8, 4) is 11.5 Å². The van der Waals surface area contributed by atoms with Gasteiger partial charge in [-0.25, -0.2) is 9.59 Å². The summed E-state index contributed by atoms with van der Waals surface area (Å²) in [6, 6.07) is 29.5. The van der Waals surface area contributed by atoms with Crippen molar-refractivity contribution in [2.75, 3.05) is 0 Å². The van der Waals surface area contributed by atoms with Crippen molar-refractivity contribution in [1.82, 2.24) is 0 Å². The highest BCUT2D eigenvalue weighted by atomic mass is 16.6. The molecule has 2 heterocycles. The van der Waals surface area contributed by atoms with Crippen LogP contribution < -0.4 is 4.74 Å². The maximum atomic E-state index is 13.3. The second-order valence-corrected chi connectivity index (χ2v) is 7.95. The number of esters is 2. The standard InChI is InChI=1S/C28H18O5/c29-26(31-17-18-9-2-1-3-10-18)19-11-8-14-22-25(19)27(30)33-28(22)20-12-4-6-15-23(20)32-24-16-7-5-13-21(24)28/h1-16H,17H2. The summed E-state index contributed by atoms with van der Waals surface area (Å²) in [5.74, 6) is 0.0740. The number of benzene rings is 4. The molecule has 0 aromatic heterocycles. The predicted molar refractivity (Wildman–Crippen MR) is 120 cm³/mol. The fourth-order valence-corrected chi connectivity index (χ4v) is 4.64. The van der Waals surface area contributed by atoms with Crippen molar-refractivity contribution in [2.45, 2.75) is 12.2 Å². The Bertz CT molecular complexity index is 1360. The molecule has 1 spiro atoms. The number of fused-ring (bicyclic) bond motifs is 6. The molecule has 5 heteroatoms. The Morgan fingerprint density at radius 2 is 1.33 bits per heavy atom. The van der Waals surface area contributed by atoms with E-state index in [1.165, 1.54) is 0 Å². The van der Waals surface area contributed by atoms with Gasteiger partial charge in [0.05, 0.1) is 11.1 Å². The van der Waals surface area contributed by atoms with Gasteiger partial charge in [-0.1, -0.05) is 78.9 Å². The number of hydrogen-bond acceptors (Lipinski definition) is 5. The molecule has 0 N–H and O–H groups in total. The minimum absolute atomic E-state index is 0.114. The second kappa shape index (κ2) is 7.35. The molecule has 0 amide bonds. The first-order valence-corrected chi connectivity index (χ1v) is 10.6. The van der Waals surface area contributed by atoms with Crippen LogP contribution in [0.2, 0.25) is 0 Å². The van der Waals surface area contributed by atoms with E-state index >= 15 is 0 Å². The molecule has 0 bridgehead atoms. The molecule has 2 aliphatic rings. The van der Waals surface area contributed by atoms with Gasteiger partial charge in [-0.05, 0) is 23.8 Å². The molecule has 0 saturated carbocycles. The van der Waals surface area contributed by atoms with E-state index in [2.05, 4.69) is 0 Å². The summed E-state index contributed by atoms with van der Waals surface area (Å²) in [6.07, 6.45) is 0. The van der Waals surface area contributed by atoms with Gasteiger partial charge < -0.3 is 14.2 Å². The smallest absolute Gasteiger partial charge is 0.341 e. The van der Waals surface area contributed by atoms with E-state index in [1.54, 1.807) is 12.1 Å². The van der Waals surface area contributed by atoms with E-state index in [1.807, 2.05) is 84.9 Å². The Morgan fingerprint density at radius 1 is 0.727 bits per heavy atom. The topological polar surface area (TPSA) is 61.8 Å². The van der Waals surface area contributed by atoms with E-state index in [0.717, 1.165) is 5.56 Å². The van der Waals surface area contributed by atoms with Crippen LogP contribution in [0.4, 0.5) is 0 Å². The van der Waals surface area contributed by atoms with Crippen LogP contribution >= 0.6 is 0 Å². The van der Waals surface area contributed by atoms with Gasteiger partial charge in [0.25, 0.3) is 0 Å². The minimum Gasteiger partial charge on any atom is -0.457 e. The summed E-state index contributed by atoms with van der Waals surface area (Å²) in [4.78, 5) is 26.3. The number of rotatable bonds is 3. The molecule has 2 aliphatic heterocycles. The van der Waals surface area contributed by atoms with Gasteiger partial charge in [-0.3, -0.25) is 0 Å². The van der Waals surface area contributed by atoms with Crippen molar-refractivity contribution >= 4 is 11.9 Å². The molecule has 160 valence electrons. The molecule has 4 aromatic rings. The third kappa shape index (κ3) is 2.86. The largest absolute Gasteiger partial charge is 0.457 e. The fraction of sp³-hybridized carbons (Fsp3) is 0.0714. The summed E-state index contributed by atoms with van der Waals surface area (Å²) in [7, 11) is 0. The minimum atomic E-state index is -1.20. The maximum Gasteiger partial charge on any atom is 0.341 e. The van der Waals surface area contributed by atoms with Crippen molar-refractivity contribution in [3.63, 3.8) is 0 Å². The van der Waals surface area contributed by atoms with Crippen LogP contribution in [0.25, 0.3) is 0 Å². The van der Waals surface area contributed by atoms with E-state index in [4.69, 9.17) is 14.2 Å². The van der Waals surface area contributed by atoms with E-state index in [9.17, 15) is 9.59 Å². The van der Waals surface area contributed by atoms with Gasteiger partial charge >= 0.3 is 11.9 Å². The SMILES string of the molecule is O=C(OCc1ccccc1)c1cccc2c1C(=O)OC21c2ccccc2Oc2ccccc21. The molecule has 0 saturated heterocycles. The lowest BCUT2D eigenvalue weighted by Crippen LogP contribution is -2.32. The number of hydrogen-bond donors (Lipinski definition) is 0.